The van der Waals surface area contributed by atoms with Crippen LogP contribution in [0.25, 0.3) is 5.69 Å². The average Bonchev–Trinajstić information content (AvgIpc) is 2.97. The third-order valence-electron chi connectivity index (χ3n) is 3.27. The normalized spacial score (nSPS) is 10.3. The Morgan fingerprint density at radius 3 is 2.57 bits per heavy atom. The van der Waals surface area contributed by atoms with Gasteiger partial charge in [-0.2, -0.15) is 4.68 Å². The summed E-state index contributed by atoms with van der Waals surface area (Å²) in [5.41, 5.74) is 7.36. The fraction of sp³-hybridized carbons (Fsp3) is 0.0625. The van der Waals surface area contributed by atoms with Crippen LogP contribution in [0, 0.1) is 0 Å². The van der Waals surface area contributed by atoms with Crippen LogP contribution in [0.15, 0.2) is 54.6 Å². The van der Waals surface area contributed by atoms with E-state index in [0.29, 0.717) is 17.1 Å². The first-order chi connectivity index (χ1) is 11.2. The van der Waals surface area contributed by atoms with Crippen LogP contribution >= 0.6 is 0 Å². The number of carbonyl (C=O) groups excluding carboxylic acids is 1. The van der Waals surface area contributed by atoms with Gasteiger partial charge < -0.3 is 15.8 Å². The molecule has 7 nitrogen and oxygen atoms in total. The number of methoxy groups -OCH3 is 1. The molecule has 0 aliphatic carbocycles. The minimum Gasteiger partial charge on any atom is -0.494 e. The Morgan fingerprint density at radius 2 is 1.83 bits per heavy atom. The number of nitrogens with two attached hydrogens (primary N) is 1. The Balaban J connectivity index is 1.92. The number of nitrogens with zero attached hydrogens (tertiary/aromatic N) is 3. The number of aromatic nitrogens is 3. The lowest BCUT2D eigenvalue weighted by Crippen LogP contribution is -2.15. The highest BCUT2D eigenvalue weighted by atomic mass is 16.5. The van der Waals surface area contributed by atoms with E-state index in [1.54, 1.807) is 31.4 Å². The molecule has 1 aromatic heterocycles. The van der Waals surface area contributed by atoms with E-state index in [-0.39, 0.29) is 11.5 Å². The number of carbonyl (C=O) groups is 1. The van der Waals surface area contributed by atoms with Gasteiger partial charge in [0.2, 0.25) is 0 Å². The Kier molecular flexibility index (Phi) is 3.92. The van der Waals surface area contributed by atoms with E-state index in [1.807, 2.05) is 30.3 Å². The predicted molar refractivity (Wildman–Crippen MR) is 86.7 cm³/mol. The number of para-hydroxylation sites is 3. The maximum atomic E-state index is 12.3. The number of benzene rings is 2. The largest absolute Gasteiger partial charge is 0.494 e. The van der Waals surface area contributed by atoms with Crippen LogP contribution < -0.4 is 15.8 Å². The summed E-state index contributed by atoms with van der Waals surface area (Å²) < 4.78 is 6.65. The van der Waals surface area contributed by atoms with Crippen LogP contribution in [-0.2, 0) is 0 Å². The predicted octanol–water partition coefficient (Wildman–Crippen LogP) is 2.11. The molecule has 0 radical (unpaired) electrons. The van der Waals surface area contributed by atoms with Crippen molar-refractivity contribution in [3.63, 3.8) is 0 Å². The summed E-state index contributed by atoms with van der Waals surface area (Å²) >= 11 is 0. The summed E-state index contributed by atoms with van der Waals surface area (Å²) in [6.45, 7) is 0. The molecule has 0 aliphatic rings. The number of nitrogens with one attached hydrogen (secondary N) is 1. The molecule has 0 unspecified atom stereocenters. The summed E-state index contributed by atoms with van der Waals surface area (Å²) in [5, 5.41) is 10.6. The lowest BCUT2D eigenvalue weighted by atomic mass is 10.3. The lowest BCUT2D eigenvalue weighted by Gasteiger charge is -2.08. The van der Waals surface area contributed by atoms with Gasteiger partial charge >= 0.3 is 0 Å². The zero-order valence-corrected chi connectivity index (χ0v) is 12.4. The minimum atomic E-state index is -0.421. The van der Waals surface area contributed by atoms with Crippen LogP contribution in [0.2, 0.25) is 0 Å². The van der Waals surface area contributed by atoms with E-state index >= 15 is 0 Å². The van der Waals surface area contributed by atoms with Crippen molar-refractivity contribution in [1.29, 1.82) is 0 Å². The molecule has 0 spiro atoms. The molecular weight excluding hydrogens is 294 g/mol. The second kappa shape index (κ2) is 6.18. The average molecular weight is 309 g/mol. The first-order valence-electron chi connectivity index (χ1n) is 6.91. The van der Waals surface area contributed by atoms with Crippen molar-refractivity contribution in [2.24, 2.45) is 0 Å². The van der Waals surface area contributed by atoms with Crippen LogP contribution in [0.1, 0.15) is 10.5 Å². The first-order valence-corrected chi connectivity index (χ1v) is 6.91. The van der Waals surface area contributed by atoms with E-state index < -0.39 is 5.91 Å². The molecule has 3 rings (SSSR count). The molecule has 7 heteroatoms. The zero-order chi connectivity index (χ0) is 16.2. The van der Waals surface area contributed by atoms with Gasteiger partial charge in [-0.25, -0.2) is 0 Å². The molecule has 1 heterocycles. The molecule has 0 aliphatic heterocycles. The standard InChI is InChI=1S/C16H15N5O2/c1-23-13-10-6-5-9-12(13)21-15(17)14(19-20-21)16(22)18-11-7-3-2-4-8-11/h2-10H,17H2,1H3,(H,18,22). The quantitative estimate of drug-likeness (QED) is 0.769. The molecule has 0 atom stereocenters. The number of hydrogen-bond acceptors (Lipinski definition) is 5. The first kappa shape index (κ1) is 14.6. The van der Waals surface area contributed by atoms with Gasteiger partial charge in [0.1, 0.15) is 11.4 Å². The van der Waals surface area contributed by atoms with Crippen LogP contribution in [0.5, 0.6) is 5.75 Å². The van der Waals surface area contributed by atoms with Gasteiger partial charge in [0.15, 0.2) is 11.5 Å². The highest BCUT2D eigenvalue weighted by molar-refractivity contribution is 6.05. The maximum Gasteiger partial charge on any atom is 0.280 e. The molecule has 23 heavy (non-hydrogen) atoms. The topological polar surface area (TPSA) is 95.1 Å². The van der Waals surface area contributed by atoms with Crippen molar-refractivity contribution in [2.75, 3.05) is 18.2 Å². The molecular formula is C16H15N5O2. The van der Waals surface area contributed by atoms with Gasteiger partial charge in [-0.1, -0.05) is 35.5 Å². The number of ether oxygens (including phenoxy) is 1. The van der Waals surface area contributed by atoms with Gasteiger partial charge in [-0.3, -0.25) is 4.79 Å². The number of anilines is 2. The third-order valence-corrected chi connectivity index (χ3v) is 3.27. The summed E-state index contributed by atoms with van der Waals surface area (Å²) in [4.78, 5) is 12.3. The minimum absolute atomic E-state index is 0.0553. The van der Waals surface area contributed by atoms with Crippen LogP contribution in [0.4, 0.5) is 11.5 Å². The molecule has 3 N–H and O–H groups in total. The van der Waals surface area contributed by atoms with Crippen molar-refractivity contribution in [2.45, 2.75) is 0 Å². The number of nitrogen functional groups attached to an aromatic ring is 1. The van der Waals surface area contributed by atoms with E-state index in [2.05, 4.69) is 15.6 Å². The lowest BCUT2D eigenvalue weighted by molar-refractivity contribution is 0.102. The summed E-state index contributed by atoms with van der Waals surface area (Å²) in [5.74, 6) is 0.303. The number of rotatable bonds is 4. The van der Waals surface area contributed by atoms with Crippen molar-refractivity contribution < 1.29 is 9.53 Å². The van der Waals surface area contributed by atoms with E-state index in [1.165, 1.54) is 4.68 Å². The fourth-order valence-electron chi connectivity index (χ4n) is 2.15. The Hall–Kier alpha value is -3.35. The monoisotopic (exact) mass is 309 g/mol. The van der Waals surface area contributed by atoms with Gasteiger partial charge in [0.05, 0.1) is 7.11 Å². The van der Waals surface area contributed by atoms with Gasteiger partial charge in [0.25, 0.3) is 5.91 Å². The molecule has 0 bridgehead atoms. The van der Waals surface area contributed by atoms with Gasteiger partial charge in [0, 0.05) is 5.69 Å². The number of amides is 1. The Bertz CT molecular complexity index is 829. The Labute approximate surface area is 132 Å². The SMILES string of the molecule is COc1ccccc1-n1nnc(C(=O)Nc2ccccc2)c1N. The summed E-state index contributed by atoms with van der Waals surface area (Å²) in [6.07, 6.45) is 0. The summed E-state index contributed by atoms with van der Waals surface area (Å²) in [6, 6.07) is 16.3. The maximum absolute atomic E-state index is 12.3. The van der Waals surface area contributed by atoms with Gasteiger partial charge in [-0.05, 0) is 24.3 Å². The molecule has 0 fully saturated rings. The molecule has 3 aromatic rings. The second-order valence-electron chi connectivity index (χ2n) is 4.73. The van der Waals surface area contributed by atoms with E-state index in [9.17, 15) is 4.79 Å². The fourth-order valence-corrected chi connectivity index (χ4v) is 2.15. The van der Waals surface area contributed by atoms with Crippen molar-refractivity contribution in [3.05, 3.63) is 60.3 Å². The van der Waals surface area contributed by atoms with Crippen molar-refractivity contribution >= 4 is 17.4 Å². The zero-order valence-electron chi connectivity index (χ0n) is 12.4. The third kappa shape index (κ3) is 2.84. The highest BCUT2D eigenvalue weighted by Gasteiger charge is 2.20. The van der Waals surface area contributed by atoms with Crippen molar-refractivity contribution in [1.82, 2.24) is 15.0 Å². The summed E-state index contributed by atoms with van der Waals surface area (Å²) in [7, 11) is 1.55. The van der Waals surface area contributed by atoms with E-state index in [4.69, 9.17) is 10.5 Å². The molecule has 0 saturated carbocycles. The van der Waals surface area contributed by atoms with Crippen molar-refractivity contribution in [3.8, 4) is 11.4 Å². The Morgan fingerprint density at radius 1 is 1.13 bits per heavy atom. The number of hydrogen-bond donors (Lipinski definition) is 2. The molecule has 1 amide bonds. The second-order valence-corrected chi connectivity index (χ2v) is 4.73. The van der Waals surface area contributed by atoms with Gasteiger partial charge in [-0.15, -0.1) is 5.10 Å². The molecule has 116 valence electrons. The van der Waals surface area contributed by atoms with Crippen LogP contribution in [0.3, 0.4) is 0 Å². The van der Waals surface area contributed by atoms with Crippen LogP contribution in [-0.4, -0.2) is 28.0 Å². The molecule has 2 aromatic carbocycles. The van der Waals surface area contributed by atoms with E-state index in [0.717, 1.165) is 0 Å². The smallest absolute Gasteiger partial charge is 0.280 e. The molecule has 0 saturated heterocycles. The highest BCUT2D eigenvalue weighted by Crippen LogP contribution is 2.24.